The third kappa shape index (κ3) is 3.48. The van der Waals surface area contributed by atoms with E-state index in [4.69, 9.17) is 4.74 Å². The van der Waals surface area contributed by atoms with Crippen LogP contribution in [-0.4, -0.2) is 39.2 Å². The summed E-state index contributed by atoms with van der Waals surface area (Å²) in [5.74, 6) is -1.21. The molecular weight excluding hydrogens is 336 g/mol. The summed E-state index contributed by atoms with van der Waals surface area (Å²) in [6, 6.07) is 0. The van der Waals surface area contributed by atoms with Crippen LogP contribution in [0.25, 0.3) is 0 Å². The summed E-state index contributed by atoms with van der Waals surface area (Å²) < 4.78 is 5.13. The topological polar surface area (TPSA) is 112 Å². The molecule has 26 heavy (non-hydrogen) atoms. The highest BCUT2D eigenvalue weighted by Crippen LogP contribution is 2.25. The van der Waals surface area contributed by atoms with Crippen LogP contribution in [0.15, 0.2) is 0 Å². The third-order valence-corrected chi connectivity index (χ3v) is 4.52. The van der Waals surface area contributed by atoms with Gasteiger partial charge in [0.05, 0.1) is 11.8 Å². The van der Waals surface area contributed by atoms with Crippen LogP contribution in [0.2, 0.25) is 0 Å². The average Bonchev–Trinajstić information content (AvgIpc) is 3.00. The quantitative estimate of drug-likeness (QED) is 0.542. The van der Waals surface area contributed by atoms with Gasteiger partial charge < -0.3 is 19.8 Å². The molecule has 0 radical (unpaired) electrons. The van der Waals surface area contributed by atoms with Crippen molar-refractivity contribution in [3.8, 4) is 0 Å². The lowest BCUT2D eigenvalue weighted by molar-refractivity contribution is 0.0467. The zero-order valence-electron chi connectivity index (χ0n) is 15.9. The average molecular weight is 360 g/mol. The lowest BCUT2D eigenvalue weighted by Gasteiger charge is -2.06. The molecule has 0 aliphatic carbocycles. The second kappa shape index (κ2) is 7.29. The van der Waals surface area contributed by atoms with Crippen LogP contribution >= 0.6 is 0 Å². The molecule has 0 aliphatic heterocycles. The zero-order valence-corrected chi connectivity index (χ0v) is 15.9. The molecule has 140 valence electrons. The smallest absolute Gasteiger partial charge is 0.355 e. The largest absolute Gasteiger partial charge is 0.453 e. The molecule has 2 rings (SSSR count). The first-order valence-electron chi connectivity index (χ1n) is 8.33. The van der Waals surface area contributed by atoms with Gasteiger partial charge in [-0.1, -0.05) is 0 Å². The summed E-state index contributed by atoms with van der Waals surface area (Å²) in [5.41, 5.74) is 4.06. The molecule has 1 atom stereocenters. The van der Waals surface area contributed by atoms with Crippen molar-refractivity contribution in [2.75, 3.05) is 6.61 Å². The van der Waals surface area contributed by atoms with E-state index in [1.807, 2.05) is 0 Å². The van der Waals surface area contributed by atoms with Crippen LogP contribution in [-0.2, 0) is 4.74 Å². The van der Waals surface area contributed by atoms with E-state index in [9.17, 15) is 19.5 Å². The van der Waals surface area contributed by atoms with Crippen LogP contribution in [0, 0.1) is 27.7 Å². The van der Waals surface area contributed by atoms with E-state index in [-0.39, 0.29) is 17.2 Å². The highest BCUT2D eigenvalue weighted by atomic mass is 16.5. The van der Waals surface area contributed by atoms with Crippen molar-refractivity contribution in [3.63, 3.8) is 0 Å². The Balaban J connectivity index is 2.16. The highest BCUT2D eigenvalue weighted by Gasteiger charge is 2.24. The second-order valence-corrected chi connectivity index (χ2v) is 6.52. The number of esters is 1. The van der Waals surface area contributed by atoms with Gasteiger partial charge in [0.25, 0.3) is 0 Å². The van der Waals surface area contributed by atoms with Crippen molar-refractivity contribution in [2.24, 2.45) is 0 Å². The van der Waals surface area contributed by atoms with Gasteiger partial charge in [0, 0.05) is 22.5 Å². The molecule has 2 heterocycles. The van der Waals surface area contributed by atoms with Gasteiger partial charge in [-0.2, -0.15) is 0 Å². The number of rotatable bonds is 6. The molecule has 0 saturated heterocycles. The minimum Gasteiger partial charge on any atom is -0.453 e. The van der Waals surface area contributed by atoms with Crippen LogP contribution in [0.5, 0.6) is 0 Å². The minimum absolute atomic E-state index is 0.129. The lowest BCUT2D eigenvalue weighted by Crippen LogP contribution is -2.16. The Morgan fingerprint density at radius 1 is 1.00 bits per heavy atom. The van der Waals surface area contributed by atoms with Crippen molar-refractivity contribution in [1.82, 2.24) is 9.97 Å². The SMILES string of the molecule is CC(=O)c1c(C)[nH]c(C(=O)COC(=O)c2[nH]c(C)c([C@@H](C)O)c2C)c1C. The Bertz CT molecular complexity index is 886. The van der Waals surface area contributed by atoms with Crippen molar-refractivity contribution in [2.45, 2.75) is 47.6 Å². The molecule has 0 aromatic carbocycles. The van der Waals surface area contributed by atoms with Crippen molar-refractivity contribution >= 4 is 17.5 Å². The van der Waals surface area contributed by atoms with Gasteiger partial charge >= 0.3 is 5.97 Å². The van der Waals surface area contributed by atoms with Crippen LogP contribution in [0.1, 0.15) is 79.4 Å². The summed E-state index contributed by atoms with van der Waals surface area (Å²) in [6.45, 7) is 9.47. The van der Waals surface area contributed by atoms with Crippen molar-refractivity contribution in [3.05, 3.63) is 45.0 Å². The third-order valence-electron chi connectivity index (χ3n) is 4.52. The van der Waals surface area contributed by atoms with E-state index in [1.54, 1.807) is 34.6 Å². The maximum atomic E-state index is 12.4. The minimum atomic E-state index is -0.719. The number of aliphatic hydroxyl groups is 1. The fourth-order valence-corrected chi connectivity index (χ4v) is 3.43. The Labute approximate surface area is 151 Å². The first kappa shape index (κ1) is 19.7. The van der Waals surface area contributed by atoms with Crippen molar-refractivity contribution in [1.29, 1.82) is 0 Å². The lowest BCUT2D eigenvalue weighted by atomic mass is 10.1. The van der Waals surface area contributed by atoms with Crippen molar-refractivity contribution < 1.29 is 24.2 Å². The number of carbonyl (C=O) groups is 3. The number of carbonyl (C=O) groups excluding carboxylic acids is 3. The number of hydrogen-bond donors (Lipinski definition) is 3. The second-order valence-electron chi connectivity index (χ2n) is 6.52. The number of aromatic nitrogens is 2. The summed E-state index contributed by atoms with van der Waals surface area (Å²) in [4.78, 5) is 42.1. The monoisotopic (exact) mass is 360 g/mol. The number of ketones is 2. The van der Waals surface area contributed by atoms with E-state index in [2.05, 4.69) is 9.97 Å². The molecule has 0 spiro atoms. The van der Waals surface area contributed by atoms with E-state index < -0.39 is 24.5 Å². The van der Waals surface area contributed by atoms with Crippen LogP contribution < -0.4 is 0 Å². The molecule has 7 nitrogen and oxygen atoms in total. The number of hydrogen-bond acceptors (Lipinski definition) is 5. The highest BCUT2D eigenvalue weighted by molar-refractivity contribution is 6.04. The molecule has 0 bridgehead atoms. The number of ether oxygens (including phenoxy) is 1. The molecule has 2 aromatic heterocycles. The van der Waals surface area contributed by atoms with E-state index >= 15 is 0 Å². The van der Waals surface area contributed by atoms with Gasteiger partial charge in [-0.15, -0.1) is 0 Å². The van der Waals surface area contributed by atoms with Crippen LogP contribution in [0.4, 0.5) is 0 Å². The number of aliphatic hydroxyl groups excluding tert-OH is 1. The van der Waals surface area contributed by atoms with Gasteiger partial charge in [-0.05, 0) is 52.7 Å². The molecule has 0 amide bonds. The Morgan fingerprint density at radius 2 is 1.58 bits per heavy atom. The summed E-state index contributed by atoms with van der Waals surface area (Å²) in [6.07, 6.45) is -0.719. The van der Waals surface area contributed by atoms with E-state index in [0.29, 0.717) is 33.6 Å². The fourth-order valence-electron chi connectivity index (χ4n) is 3.43. The molecule has 7 heteroatoms. The molecule has 2 aromatic rings. The molecule has 0 saturated carbocycles. The first-order chi connectivity index (χ1) is 12.1. The number of Topliss-reactive ketones (excluding diaryl/α,β-unsaturated/α-hetero) is 2. The van der Waals surface area contributed by atoms with Gasteiger partial charge in [0.1, 0.15) is 5.69 Å². The van der Waals surface area contributed by atoms with E-state index in [1.165, 1.54) is 6.92 Å². The maximum absolute atomic E-state index is 12.4. The summed E-state index contributed by atoms with van der Waals surface area (Å²) >= 11 is 0. The summed E-state index contributed by atoms with van der Waals surface area (Å²) in [5, 5.41) is 9.79. The Kier molecular flexibility index (Phi) is 5.51. The van der Waals surface area contributed by atoms with Gasteiger partial charge in [0.2, 0.25) is 5.78 Å². The zero-order chi connectivity index (χ0) is 19.8. The molecule has 0 aliphatic rings. The number of nitrogens with one attached hydrogen (secondary N) is 2. The Hall–Kier alpha value is -2.67. The number of aryl methyl sites for hydroxylation is 2. The predicted octanol–water partition coefficient (Wildman–Crippen LogP) is 2.87. The van der Waals surface area contributed by atoms with E-state index in [0.717, 1.165) is 0 Å². The molecule has 3 N–H and O–H groups in total. The summed E-state index contributed by atoms with van der Waals surface area (Å²) in [7, 11) is 0. The number of H-pyrrole nitrogens is 2. The predicted molar refractivity (Wildman–Crippen MR) is 95.8 cm³/mol. The standard InChI is InChI=1S/C19H24N2O5/c1-8-15(12(5)22)10(3)20-17(8)14(24)7-26-19(25)18-9(2)16(13(6)23)11(4)21-18/h13,20-21,23H,7H2,1-6H3/t13-/m1/s1. The van der Waals surface area contributed by atoms with Gasteiger partial charge in [-0.3, -0.25) is 9.59 Å². The maximum Gasteiger partial charge on any atom is 0.355 e. The first-order valence-corrected chi connectivity index (χ1v) is 8.33. The van der Waals surface area contributed by atoms with Gasteiger partial charge in [0.15, 0.2) is 12.4 Å². The molecule has 0 fully saturated rings. The normalized spacial score (nSPS) is 12.1. The Morgan fingerprint density at radius 3 is 2.04 bits per heavy atom. The van der Waals surface area contributed by atoms with Crippen LogP contribution in [0.3, 0.4) is 0 Å². The number of aromatic amines is 2. The van der Waals surface area contributed by atoms with Gasteiger partial charge in [-0.25, -0.2) is 4.79 Å². The fraction of sp³-hybridized carbons (Fsp3) is 0.421. The molecule has 0 unspecified atom stereocenters. The molecular formula is C19H24N2O5.